The van der Waals surface area contributed by atoms with E-state index in [9.17, 15) is 23.2 Å². The zero-order valence-corrected chi connectivity index (χ0v) is 15.7. The Morgan fingerprint density at radius 2 is 1.85 bits per heavy atom. The number of hydrogen-bond acceptors (Lipinski definition) is 4. The molecule has 27 heavy (non-hydrogen) atoms. The number of anilines is 1. The van der Waals surface area contributed by atoms with Gasteiger partial charge in [-0.3, -0.25) is 9.59 Å². The Balaban J connectivity index is 1.98. The van der Waals surface area contributed by atoms with Crippen molar-refractivity contribution in [3.8, 4) is 0 Å². The minimum atomic E-state index is -1.23. The maximum atomic E-state index is 13.6. The normalized spacial score (nSPS) is 17.5. The summed E-state index contributed by atoms with van der Waals surface area (Å²) in [5, 5.41) is 2.08. The molecule has 2 rings (SSSR count). The van der Waals surface area contributed by atoms with Crippen LogP contribution in [0.4, 0.5) is 19.3 Å². The topological polar surface area (TPSA) is 79.0 Å². The summed E-state index contributed by atoms with van der Waals surface area (Å²) in [6, 6.07) is 2.85. The number of hydrogen-bond donors (Lipinski definition) is 1. The third kappa shape index (κ3) is 5.15. The Hall–Kier alpha value is -2.71. The summed E-state index contributed by atoms with van der Waals surface area (Å²) < 4.78 is 32.2. The third-order valence-electron chi connectivity index (χ3n) is 3.93. The van der Waals surface area contributed by atoms with Crippen LogP contribution in [-0.4, -0.2) is 59.0 Å². The van der Waals surface area contributed by atoms with Crippen molar-refractivity contribution in [2.75, 3.05) is 25.0 Å². The number of nitrogens with zero attached hydrogens (tertiary/aromatic N) is 2. The fourth-order valence-electron chi connectivity index (χ4n) is 2.66. The van der Waals surface area contributed by atoms with Crippen LogP contribution in [0, 0.1) is 11.6 Å². The molecule has 1 atom stereocenters. The lowest BCUT2D eigenvalue weighted by molar-refractivity contribution is -0.146. The summed E-state index contributed by atoms with van der Waals surface area (Å²) in [6.45, 7) is 7.47. The smallest absolute Gasteiger partial charge is 0.410 e. The number of halogens is 2. The zero-order chi connectivity index (χ0) is 20.4. The molecule has 1 N–H and O–H groups in total. The standard InChI is InChI=1S/C18H23F2N3O4/c1-11-10-22(17(26)27-18(2,3)4)8-9-23(11)16(25)15(24)21-13-7-5-6-12(19)14(13)20/h5-7,11H,8-10H2,1-4H3,(H,21,24). The van der Waals surface area contributed by atoms with E-state index in [2.05, 4.69) is 5.32 Å². The van der Waals surface area contributed by atoms with Gasteiger partial charge in [0.25, 0.3) is 0 Å². The number of benzene rings is 1. The van der Waals surface area contributed by atoms with E-state index in [1.54, 1.807) is 27.7 Å². The van der Waals surface area contributed by atoms with Crippen LogP contribution in [0.15, 0.2) is 18.2 Å². The third-order valence-corrected chi connectivity index (χ3v) is 3.93. The van der Waals surface area contributed by atoms with Crippen LogP contribution in [0.3, 0.4) is 0 Å². The second kappa shape index (κ2) is 7.89. The molecule has 1 aromatic carbocycles. The van der Waals surface area contributed by atoms with Crippen molar-refractivity contribution < 1.29 is 27.9 Å². The van der Waals surface area contributed by atoms with E-state index in [4.69, 9.17) is 4.74 Å². The maximum absolute atomic E-state index is 13.6. The summed E-state index contributed by atoms with van der Waals surface area (Å²) in [7, 11) is 0. The summed E-state index contributed by atoms with van der Waals surface area (Å²) in [4.78, 5) is 39.4. The molecule has 7 nitrogen and oxygen atoms in total. The van der Waals surface area contributed by atoms with Crippen LogP contribution in [0.25, 0.3) is 0 Å². The largest absolute Gasteiger partial charge is 0.444 e. The number of nitrogens with one attached hydrogen (secondary N) is 1. The molecule has 9 heteroatoms. The van der Waals surface area contributed by atoms with Gasteiger partial charge in [-0.2, -0.15) is 0 Å². The summed E-state index contributed by atoms with van der Waals surface area (Å²) in [6.07, 6.45) is -0.493. The zero-order valence-electron chi connectivity index (χ0n) is 15.7. The van der Waals surface area contributed by atoms with Crippen molar-refractivity contribution >= 4 is 23.6 Å². The molecule has 0 bridgehead atoms. The molecule has 3 amide bonds. The number of ether oxygens (including phenoxy) is 1. The van der Waals surface area contributed by atoms with Gasteiger partial charge in [0.2, 0.25) is 0 Å². The van der Waals surface area contributed by atoms with Crippen LogP contribution in [0.2, 0.25) is 0 Å². The first-order valence-electron chi connectivity index (χ1n) is 8.53. The van der Waals surface area contributed by atoms with Crippen molar-refractivity contribution in [3.05, 3.63) is 29.8 Å². The minimum absolute atomic E-state index is 0.123. The van der Waals surface area contributed by atoms with Crippen LogP contribution in [-0.2, 0) is 14.3 Å². The predicted molar refractivity (Wildman–Crippen MR) is 94.0 cm³/mol. The van der Waals surface area contributed by atoms with Gasteiger partial charge in [-0.15, -0.1) is 0 Å². The van der Waals surface area contributed by atoms with E-state index < -0.39 is 46.9 Å². The van der Waals surface area contributed by atoms with E-state index in [0.717, 1.165) is 12.1 Å². The number of amides is 3. The minimum Gasteiger partial charge on any atom is -0.444 e. The van der Waals surface area contributed by atoms with Crippen LogP contribution in [0.5, 0.6) is 0 Å². The first-order chi connectivity index (χ1) is 12.5. The molecule has 0 spiro atoms. The average molecular weight is 383 g/mol. The molecule has 1 aromatic rings. The van der Waals surface area contributed by atoms with Gasteiger partial charge in [-0.25, -0.2) is 13.6 Å². The molecule has 1 aliphatic rings. The fourth-order valence-corrected chi connectivity index (χ4v) is 2.66. The molecular weight excluding hydrogens is 360 g/mol. The number of carbonyl (C=O) groups excluding carboxylic acids is 3. The predicted octanol–water partition coefficient (Wildman–Crippen LogP) is 2.37. The highest BCUT2D eigenvalue weighted by atomic mass is 19.2. The first-order valence-corrected chi connectivity index (χ1v) is 8.53. The molecular formula is C18H23F2N3O4. The molecule has 0 aromatic heterocycles. The van der Waals surface area contributed by atoms with Crippen LogP contribution >= 0.6 is 0 Å². The molecule has 1 heterocycles. The Kier molecular flexibility index (Phi) is 6.02. The van der Waals surface area contributed by atoms with Crippen molar-refractivity contribution in [1.82, 2.24) is 9.80 Å². The van der Waals surface area contributed by atoms with Gasteiger partial charge in [0.05, 0.1) is 5.69 Å². The Bertz CT molecular complexity index is 749. The molecule has 1 aliphatic heterocycles. The van der Waals surface area contributed by atoms with Crippen molar-refractivity contribution in [1.29, 1.82) is 0 Å². The maximum Gasteiger partial charge on any atom is 0.410 e. The lowest BCUT2D eigenvalue weighted by atomic mass is 10.2. The van der Waals surface area contributed by atoms with E-state index in [1.165, 1.54) is 15.9 Å². The van der Waals surface area contributed by atoms with Gasteiger partial charge in [-0.05, 0) is 39.8 Å². The van der Waals surface area contributed by atoms with E-state index in [1.807, 2.05) is 0 Å². The number of carbonyl (C=O) groups is 3. The van der Waals surface area contributed by atoms with Crippen molar-refractivity contribution in [2.24, 2.45) is 0 Å². The monoisotopic (exact) mass is 383 g/mol. The highest BCUT2D eigenvalue weighted by Crippen LogP contribution is 2.18. The lowest BCUT2D eigenvalue weighted by Gasteiger charge is -2.39. The van der Waals surface area contributed by atoms with E-state index in [0.29, 0.717) is 0 Å². The average Bonchev–Trinajstić information content (AvgIpc) is 2.56. The molecule has 148 valence electrons. The quantitative estimate of drug-likeness (QED) is 0.755. The van der Waals surface area contributed by atoms with Gasteiger partial charge >= 0.3 is 17.9 Å². The summed E-state index contributed by atoms with van der Waals surface area (Å²) in [5.74, 6) is -4.31. The van der Waals surface area contributed by atoms with Gasteiger partial charge in [0.15, 0.2) is 11.6 Å². The molecule has 1 unspecified atom stereocenters. The Labute approximate surface area is 156 Å². The Morgan fingerprint density at radius 3 is 2.44 bits per heavy atom. The Morgan fingerprint density at radius 1 is 1.19 bits per heavy atom. The summed E-state index contributed by atoms with van der Waals surface area (Å²) >= 11 is 0. The fraction of sp³-hybridized carbons (Fsp3) is 0.500. The van der Waals surface area contributed by atoms with Gasteiger partial charge < -0.3 is 19.9 Å². The highest BCUT2D eigenvalue weighted by molar-refractivity contribution is 6.39. The molecule has 0 aliphatic carbocycles. The van der Waals surface area contributed by atoms with E-state index >= 15 is 0 Å². The van der Waals surface area contributed by atoms with Crippen molar-refractivity contribution in [2.45, 2.75) is 39.3 Å². The van der Waals surface area contributed by atoms with Crippen LogP contribution in [0.1, 0.15) is 27.7 Å². The highest BCUT2D eigenvalue weighted by Gasteiger charge is 2.34. The second-order valence-corrected chi connectivity index (χ2v) is 7.33. The lowest BCUT2D eigenvalue weighted by Crippen LogP contribution is -2.58. The van der Waals surface area contributed by atoms with Crippen molar-refractivity contribution in [3.63, 3.8) is 0 Å². The molecule has 0 saturated carbocycles. The second-order valence-electron chi connectivity index (χ2n) is 7.33. The molecule has 1 saturated heterocycles. The van der Waals surface area contributed by atoms with Gasteiger partial charge in [0, 0.05) is 25.7 Å². The van der Waals surface area contributed by atoms with Gasteiger partial charge in [-0.1, -0.05) is 6.07 Å². The first kappa shape index (κ1) is 20.6. The van der Waals surface area contributed by atoms with Gasteiger partial charge in [0.1, 0.15) is 5.60 Å². The number of piperazine rings is 1. The molecule has 0 radical (unpaired) electrons. The van der Waals surface area contributed by atoms with E-state index in [-0.39, 0.29) is 19.6 Å². The summed E-state index contributed by atoms with van der Waals surface area (Å²) in [5.41, 5.74) is -1.05. The van der Waals surface area contributed by atoms with Crippen LogP contribution < -0.4 is 5.32 Å². The number of rotatable bonds is 1. The SMILES string of the molecule is CC1CN(C(=O)OC(C)(C)C)CCN1C(=O)C(=O)Nc1cccc(F)c1F. The molecule has 1 fully saturated rings.